The molecule has 0 bridgehead atoms. The summed E-state index contributed by atoms with van der Waals surface area (Å²) in [6.45, 7) is -0.0860. The Bertz CT molecular complexity index is 1270. The maximum absolute atomic E-state index is 12.7. The molecule has 0 spiro atoms. The highest BCUT2D eigenvalue weighted by molar-refractivity contribution is 7.87. The van der Waals surface area contributed by atoms with E-state index in [-0.39, 0.29) is 30.0 Å². The van der Waals surface area contributed by atoms with E-state index in [2.05, 4.69) is 9.44 Å². The number of methoxy groups -OCH3 is 1. The van der Waals surface area contributed by atoms with Crippen LogP contribution >= 0.6 is 0 Å². The van der Waals surface area contributed by atoms with Crippen LogP contribution in [-0.4, -0.2) is 72.7 Å². The quantitative estimate of drug-likeness (QED) is 0.316. The van der Waals surface area contributed by atoms with Crippen LogP contribution in [0.25, 0.3) is 0 Å². The second kappa shape index (κ2) is 11.7. The lowest BCUT2D eigenvalue weighted by Crippen LogP contribution is -2.35. The Labute approximate surface area is 205 Å². The van der Waals surface area contributed by atoms with Crippen molar-refractivity contribution in [1.82, 2.24) is 18.1 Å². The number of carbonyl (C=O) groups excluding carboxylic acids is 2. The molecule has 2 N–H and O–H groups in total. The Morgan fingerprint density at radius 1 is 0.771 bits per heavy atom. The number of hydrogen-bond donors (Lipinski definition) is 2. The Kier molecular flexibility index (Phi) is 9.48. The van der Waals surface area contributed by atoms with Crippen molar-refractivity contribution in [1.29, 1.82) is 0 Å². The molecule has 2 aromatic carbocycles. The average Bonchev–Trinajstić information content (AvgIpc) is 2.81. The zero-order chi connectivity index (χ0) is 26.4. The molecule has 0 radical (unpaired) electrons. The summed E-state index contributed by atoms with van der Waals surface area (Å²) < 4.78 is 64.5. The van der Waals surface area contributed by atoms with Gasteiger partial charge in [-0.1, -0.05) is 18.2 Å². The lowest BCUT2D eigenvalue weighted by molar-refractivity contribution is 0.0593. The van der Waals surface area contributed by atoms with Gasteiger partial charge in [-0.25, -0.2) is 9.59 Å². The van der Waals surface area contributed by atoms with Crippen LogP contribution in [-0.2, 0) is 38.2 Å². The molecular weight excluding hydrogens is 500 g/mol. The number of nitrogens with zero attached hydrogens (tertiary/aromatic N) is 2. The van der Waals surface area contributed by atoms with Crippen molar-refractivity contribution >= 4 is 32.4 Å². The fraction of sp³-hybridized carbons (Fsp3) is 0.333. The van der Waals surface area contributed by atoms with E-state index in [9.17, 15) is 26.4 Å². The summed E-state index contributed by atoms with van der Waals surface area (Å²) in [6.07, 6.45) is 0. The molecule has 0 atom stereocenters. The topological polar surface area (TPSA) is 151 Å². The van der Waals surface area contributed by atoms with E-state index in [0.717, 1.165) is 8.61 Å². The van der Waals surface area contributed by atoms with Crippen LogP contribution in [0.3, 0.4) is 0 Å². The third-order valence-corrected chi connectivity index (χ3v) is 7.66. The molecular formula is C21H28N4O8S2. The van der Waals surface area contributed by atoms with Crippen molar-refractivity contribution in [3.05, 3.63) is 64.7 Å². The van der Waals surface area contributed by atoms with Gasteiger partial charge in [0, 0.05) is 41.3 Å². The van der Waals surface area contributed by atoms with Crippen LogP contribution < -0.4 is 14.2 Å². The minimum Gasteiger partial charge on any atom is -0.465 e. The Balaban J connectivity index is 2.20. The lowest BCUT2D eigenvalue weighted by atomic mass is 10.1. The van der Waals surface area contributed by atoms with Gasteiger partial charge in [0.15, 0.2) is 0 Å². The highest BCUT2D eigenvalue weighted by Crippen LogP contribution is 2.23. The van der Waals surface area contributed by atoms with Gasteiger partial charge in [0.1, 0.15) is 11.3 Å². The standard InChI is InChI=1S/C21H28N4O8S2/c1-24(2)34(28,29)22-13-15-6-9-17(10-7-15)20(26)33-19-12-16(8-11-18(19)21(27)32-5)14-23-35(30,31)25(3)4/h6-12,22-23H,13-14H2,1-5H3. The van der Waals surface area contributed by atoms with Crippen molar-refractivity contribution < 1.29 is 35.9 Å². The van der Waals surface area contributed by atoms with Crippen molar-refractivity contribution in [2.75, 3.05) is 35.3 Å². The minimum absolute atomic E-state index is 0.0187. The summed E-state index contributed by atoms with van der Waals surface area (Å²) in [4.78, 5) is 24.8. The number of carbonyl (C=O) groups is 2. The highest BCUT2D eigenvalue weighted by Gasteiger charge is 2.19. The smallest absolute Gasteiger partial charge is 0.343 e. The first-order chi connectivity index (χ1) is 16.3. The Morgan fingerprint density at radius 3 is 1.74 bits per heavy atom. The molecule has 0 aromatic heterocycles. The molecule has 12 nitrogen and oxygen atoms in total. The van der Waals surface area contributed by atoms with Gasteiger partial charge in [-0.05, 0) is 35.4 Å². The van der Waals surface area contributed by atoms with Crippen molar-refractivity contribution in [3.63, 3.8) is 0 Å². The van der Waals surface area contributed by atoms with Crippen molar-refractivity contribution in [2.45, 2.75) is 13.1 Å². The van der Waals surface area contributed by atoms with Crippen LogP contribution in [0, 0.1) is 0 Å². The average molecular weight is 529 g/mol. The maximum Gasteiger partial charge on any atom is 0.343 e. The number of benzene rings is 2. The SMILES string of the molecule is COC(=O)c1ccc(CNS(=O)(=O)N(C)C)cc1OC(=O)c1ccc(CNS(=O)(=O)N(C)C)cc1. The Hall–Kier alpha value is -2.88. The van der Waals surface area contributed by atoms with E-state index >= 15 is 0 Å². The largest absolute Gasteiger partial charge is 0.465 e. The Morgan fingerprint density at radius 2 is 1.26 bits per heavy atom. The molecule has 0 amide bonds. The van der Waals surface area contributed by atoms with Gasteiger partial charge in [-0.3, -0.25) is 0 Å². The van der Waals surface area contributed by atoms with Crippen molar-refractivity contribution in [2.24, 2.45) is 0 Å². The number of ether oxygens (including phenoxy) is 2. The van der Waals surface area contributed by atoms with E-state index in [1.165, 1.54) is 65.6 Å². The lowest BCUT2D eigenvalue weighted by Gasteiger charge is -2.14. The normalized spacial score (nSPS) is 12.1. The monoisotopic (exact) mass is 528 g/mol. The zero-order valence-corrected chi connectivity index (χ0v) is 21.6. The van der Waals surface area contributed by atoms with Gasteiger partial charge in [-0.2, -0.15) is 34.9 Å². The molecule has 14 heteroatoms. The number of hydrogen-bond acceptors (Lipinski definition) is 8. The van der Waals surface area contributed by atoms with E-state index in [4.69, 9.17) is 9.47 Å². The zero-order valence-electron chi connectivity index (χ0n) is 19.9. The summed E-state index contributed by atoms with van der Waals surface area (Å²) in [5, 5.41) is 0. The van der Waals surface area contributed by atoms with Gasteiger partial charge >= 0.3 is 11.9 Å². The van der Waals surface area contributed by atoms with E-state index in [0.29, 0.717) is 11.1 Å². The van der Waals surface area contributed by atoms with Gasteiger partial charge in [0.2, 0.25) is 0 Å². The summed E-state index contributed by atoms with van der Waals surface area (Å²) in [5.41, 5.74) is 1.18. The fourth-order valence-electron chi connectivity index (χ4n) is 2.56. The predicted molar refractivity (Wildman–Crippen MR) is 128 cm³/mol. The maximum atomic E-state index is 12.7. The van der Waals surface area contributed by atoms with Crippen LogP contribution in [0.5, 0.6) is 5.75 Å². The summed E-state index contributed by atoms with van der Waals surface area (Å²) in [6, 6.07) is 10.3. The van der Waals surface area contributed by atoms with Gasteiger partial charge in [0.25, 0.3) is 20.4 Å². The first-order valence-electron chi connectivity index (χ1n) is 10.1. The van der Waals surface area contributed by atoms with Crippen LogP contribution in [0.15, 0.2) is 42.5 Å². The van der Waals surface area contributed by atoms with E-state index in [1.807, 2.05) is 0 Å². The highest BCUT2D eigenvalue weighted by atomic mass is 32.2. The molecule has 0 heterocycles. The number of esters is 2. The molecule has 2 rings (SSSR count). The van der Waals surface area contributed by atoms with E-state index < -0.39 is 32.4 Å². The molecule has 192 valence electrons. The molecule has 0 saturated carbocycles. The molecule has 0 aliphatic carbocycles. The molecule has 0 saturated heterocycles. The van der Waals surface area contributed by atoms with Gasteiger partial charge in [-0.15, -0.1) is 0 Å². The second-order valence-electron chi connectivity index (χ2n) is 7.63. The molecule has 0 aliphatic heterocycles. The van der Waals surface area contributed by atoms with Crippen LogP contribution in [0.4, 0.5) is 0 Å². The summed E-state index contributed by atoms with van der Waals surface area (Å²) in [7, 11) is -0.569. The predicted octanol–water partition coefficient (Wildman–Crippen LogP) is 0.484. The third-order valence-electron chi connectivity index (χ3n) is 4.72. The van der Waals surface area contributed by atoms with E-state index in [1.54, 1.807) is 12.1 Å². The molecule has 0 unspecified atom stereocenters. The van der Waals surface area contributed by atoms with Crippen LogP contribution in [0.1, 0.15) is 31.8 Å². The number of rotatable bonds is 11. The first kappa shape index (κ1) is 28.4. The third kappa shape index (κ3) is 7.81. The fourth-order valence-corrected chi connectivity index (χ4v) is 3.78. The molecule has 2 aromatic rings. The summed E-state index contributed by atoms with van der Waals surface area (Å²) >= 11 is 0. The van der Waals surface area contributed by atoms with Crippen LogP contribution in [0.2, 0.25) is 0 Å². The first-order valence-corrected chi connectivity index (χ1v) is 13.0. The number of nitrogens with one attached hydrogen (secondary N) is 2. The molecule has 0 fully saturated rings. The van der Waals surface area contributed by atoms with Crippen molar-refractivity contribution in [3.8, 4) is 5.75 Å². The minimum atomic E-state index is -3.69. The molecule has 35 heavy (non-hydrogen) atoms. The van der Waals surface area contributed by atoms with Gasteiger partial charge in [0.05, 0.1) is 12.7 Å². The molecule has 0 aliphatic rings. The second-order valence-corrected chi connectivity index (χ2v) is 11.6. The summed E-state index contributed by atoms with van der Waals surface area (Å²) in [5.74, 6) is -1.62. The van der Waals surface area contributed by atoms with Gasteiger partial charge < -0.3 is 9.47 Å².